The quantitative estimate of drug-likeness (QED) is 0.157. The molecule has 8 bridgehead atoms. The minimum atomic E-state index is -0.833. The summed E-state index contributed by atoms with van der Waals surface area (Å²) >= 11 is 0. The molecule has 11 heteroatoms. The molecule has 2 aliphatic rings. The van der Waals surface area contributed by atoms with Crippen molar-refractivity contribution in [2.24, 2.45) is 0 Å². The van der Waals surface area contributed by atoms with Gasteiger partial charge in [-0.1, -0.05) is 6.08 Å². The summed E-state index contributed by atoms with van der Waals surface area (Å²) in [5.41, 5.74) is 6.68. The van der Waals surface area contributed by atoms with Gasteiger partial charge in [-0.2, -0.15) is 0 Å². The lowest BCUT2D eigenvalue weighted by Gasteiger charge is -2.16. The number of hydrogen-bond acceptors (Lipinski definition) is 4. The zero-order valence-electron chi connectivity index (χ0n) is 24.3. The summed E-state index contributed by atoms with van der Waals surface area (Å²) < 4.78 is 0. The van der Waals surface area contributed by atoms with Crippen LogP contribution in [0.5, 0.6) is 0 Å². The second kappa shape index (κ2) is 14.8. The number of allylic oxidation sites excluding steroid dienone is 2. The molecule has 0 atom stereocenters. The predicted octanol–water partition coefficient (Wildman–Crippen LogP) is 1.74. The zero-order chi connectivity index (χ0) is 31.5. The van der Waals surface area contributed by atoms with Crippen molar-refractivity contribution in [2.45, 2.75) is 20.8 Å². The SMILES string of the molecule is CC(=O)O.CC(=O)O.CC(=O)O.CN1C=CC(c2cc3[nH]c2=Cc2ccc([nH]2)C=c2ccc([nH]2)=Cc2ccc([nH]2)C=3)=CC1. The fourth-order valence-electron chi connectivity index (χ4n) is 4.15. The first-order valence-electron chi connectivity index (χ1n) is 13.2. The molecule has 0 aromatic carbocycles. The molecule has 0 saturated heterocycles. The number of nitrogens with one attached hydrogen (secondary N) is 4. The molecule has 2 aliphatic heterocycles. The van der Waals surface area contributed by atoms with Gasteiger partial charge in [0, 0.05) is 84.1 Å². The highest BCUT2D eigenvalue weighted by molar-refractivity contribution is 5.76. The summed E-state index contributed by atoms with van der Waals surface area (Å²) in [6.45, 7) is 4.16. The van der Waals surface area contributed by atoms with E-state index < -0.39 is 17.9 Å². The maximum atomic E-state index is 9.00. The monoisotopic (exact) mass is 585 g/mol. The molecule has 0 amide bonds. The fourth-order valence-corrected chi connectivity index (χ4v) is 4.15. The lowest BCUT2D eigenvalue weighted by Crippen LogP contribution is -2.16. The Labute approximate surface area is 247 Å². The molecule has 6 rings (SSSR count). The molecular formula is C32H35N5O6. The number of carboxylic acid groups (broad SMARTS) is 3. The zero-order valence-corrected chi connectivity index (χ0v) is 24.3. The smallest absolute Gasteiger partial charge is 0.300 e. The maximum Gasteiger partial charge on any atom is 0.300 e. The maximum absolute atomic E-state index is 9.00. The molecule has 0 fully saturated rings. The average Bonchev–Trinajstić information content (AvgIpc) is 3.69. The number of aliphatic carboxylic acids is 3. The van der Waals surface area contributed by atoms with E-state index in [9.17, 15) is 0 Å². The number of likely N-dealkylation sites (N-methyl/N-ethyl adjacent to an activating group) is 1. The highest BCUT2D eigenvalue weighted by Crippen LogP contribution is 2.15. The van der Waals surface area contributed by atoms with Crippen molar-refractivity contribution in [3.05, 3.63) is 111 Å². The van der Waals surface area contributed by atoms with Crippen LogP contribution in [0.15, 0.2) is 60.8 Å². The van der Waals surface area contributed by atoms with Crippen LogP contribution < -0.4 is 21.4 Å². The minimum Gasteiger partial charge on any atom is -0.481 e. The topological polar surface area (TPSA) is 178 Å². The highest BCUT2D eigenvalue weighted by atomic mass is 16.4. The van der Waals surface area contributed by atoms with E-state index in [1.54, 1.807) is 0 Å². The second-order valence-corrected chi connectivity index (χ2v) is 9.71. The van der Waals surface area contributed by atoms with Crippen molar-refractivity contribution in [2.75, 3.05) is 13.6 Å². The molecular weight excluding hydrogens is 550 g/mol. The van der Waals surface area contributed by atoms with Crippen LogP contribution in [0.1, 0.15) is 49.1 Å². The number of fused-ring (bicyclic) bond motifs is 8. The van der Waals surface area contributed by atoms with Crippen LogP contribution in [0.4, 0.5) is 0 Å². The summed E-state index contributed by atoms with van der Waals surface area (Å²) in [6.07, 6.45) is 15.1. The Balaban J connectivity index is 0.000000363. The van der Waals surface area contributed by atoms with Gasteiger partial charge in [0.2, 0.25) is 0 Å². The molecule has 11 nitrogen and oxygen atoms in total. The van der Waals surface area contributed by atoms with Crippen molar-refractivity contribution < 1.29 is 29.7 Å². The lowest BCUT2D eigenvalue weighted by atomic mass is 10.1. The Morgan fingerprint density at radius 2 is 1.09 bits per heavy atom. The Morgan fingerprint density at radius 1 is 0.651 bits per heavy atom. The van der Waals surface area contributed by atoms with Crippen LogP contribution in [-0.2, 0) is 14.4 Å². The first kappa shape index (κ1) is 31.8. The van der Waals surface area contributed by atoms with Crippen molar-refractivity contribution in [3.63, 3.8) is 0 Å². The number of aromatic amines is 4. The molecule has 0 aliphatic carbocycles. The molecule has 0 radical (unpaired) electrons. The molecule has 0 unspecified atom stereocenters. The van der Waals surface area contributed by atoms with E-state index >= 15 is 0 Å². The summed E-state index contributed by atoms with van der Waals surface area (Å²) in [5.74, 6) is -2.50. The minimum absolute atomic E-state index is 0.833. The van der Waals surface area contributed by atoms with Gasteiger partial charge in [0.25, 0.3) is 17.9 Å². The van der Waals surface area contributed by atoms with Crippen molar-refractivity contribution in [3.8, 4) is 0 Å². The second-order valence-electron chi connectivity index (χ2n) is 9.71. The molecule has 0 saturated carbocycles. The van der Waals surface area contributed by atoms with Crippen molar-refractivity contribution >= 4 is 47.8 Å². The molecule has 224 valence electrons. The number of carbonyl (C=O) groups is 3. The standard InChI is InChI=1S/C26H23N5.3C2H4O2/c1-31-10-8-17(9-11-31)25-15-24-14-22-5-4-20(28-22)12-18-2-3-19(27-18)13-21-6-7-23(29-21)16-26(25)30-24;3*1-2(3)4/h2-10,12-16,27-30H,11H2,1H3;3*1H3,(H,3,4). The average molecular weight is 586 g/mol. The van der Waals surface area contributed by atoms with E-state index in [0.717, 1.165) is 71.5 Å². The predicted molar refractivity (Wildman–Crippen MR) is 166 cm³/mol. The third-order valence-corrected chi connectivity index (χ3v) is 5.71. The Kier molecular flexibility index (Phi) is 10.9. The van der Waals surface area contributed by atoms with E-state index in [0.29, 0.717) is 0 Å². The van der Waals surface area contributed by atoms with Gasteiger partial charge in [0.15, 0.2) is 0 Å². The number of nitrogens with zero attached hydrogens (tertiary/aromatic N) is 1. The normalized spacial score (nSPS) is 12.5. The fraction of sp³-hybridized carbons (Fsp3) is 0.156. The van der Waals surface area contributed by atoms with E-state index in [1.165, 1.54) is 11.1 Å². The van der Waals surface area contributed by atoms with Crippen molar-refractivity contribution in [1.82, 2.24) is 24.8 Å². The molecule has 4 aromatic heterocycles. The summed E-state index contributed by atoms with van der Waals surface area (Å²) in [4.78, 5) is 43.2. The van der Waals surface area contributed by atoms with Crippen LogP contribution in [0, 0.1) is 0 Å². The van der Waals surface area contributed by atoms with Gasteiger partial charge in [0.05, 0.1) is 0 Å². The van der Waals surface area contributed by atoms with E-state index in [-0.39, 0.29) is 0 Å². The Morgan fingerprint density at radius 3 is 1.53 bits per heavy atom. The molecule has 4 aromatic rings. The highest BCUT2D eigenvalue weighted by Gasteiger charge is 2.08. The first-order valence-corrected chi connectivity index (χ1v) is 13.2. The lowest BCUT2D eigenvalue weighted by molar-refractivity contribution is -0.135. The molecule has 43 heavy (non-hydrogen) atoms. The van der Waals surface area contributed by atoms with Gasteiger partial charge in [-0.15, -0.1) is 0 Å². The number of H-pyrrole nitrogens is 4. The summed E-state index contributed by atoms with van der Waals surface area (Å²) in [6, 6.07) is 14.8. The number of hydrogen-bond donors (Lipinski definition) is 7. The van der Waals surface area contributed by atoms with Crippen molar-refractivity contribution in [1.29, 1.82) is 0 Å². The Hall–Kier alpha value is -5.71. The summed E-state index contributed by atoms with van der Waals surface area (Å²) in [7, 11) is 2.09. The van der Waals surface area contributed by atoms with Gasteiger partial charge in [-0.3, -0.25) is 14.4 Å². The van der Waals surface area contributed by atoms with Crippen LogP contribution in [-0.4, -0.2) is 71.7 Å². The van der Waals surface area contributed by atoms with Gasteiger partial charge in [0.1, 0.15) is 0 Å². The molecule has 0 spiro atoms. The van der Waals surface area contributed by atoms with Gasteiger partial charge >= 0.3 is 0 Å². The van der Waals surface area contributed by atoms with Gasteiger partial charge in [-0.25, -0.2) is 0 Å². The number of rotatable bonds is 1. The summed E-state index contributed by atoms with van der Waals surface area (Å²) in [5, 5.41) is 26.5. The van der Waals surface area contributed by atoms with E-state index in [2.05, 4.69) is 117 Å². The molecule has 7 N–H and O–H groups in total. The largest absolute Gasteiger partial charge is 0.481 e. The number of carboxylic acids is 3. The third-order valence-electron chi connectivity index (χ3n) is 5.71. The number of aromatic nitrogens is 4. The van der Waals surface area contributed by atoms with Crippen LogP contribution in [0.25, 0.3) is 29.9 Å². The first-order chi connectivity index (χ1) is 20.4. The van der Waals surface area contributed by atoms with E-state index in [1.807, 2.05) is 0 Å². The van der Waals surface area contributed by atoms with E-state index in [4.69, 9.17) is 29.7 Å². The van der Waals surface area contributed by atoms with Crippen LogP contribution in [0.2, 0.25) is 0 Å². The van der Waals surface area contributed by atoms with Crippen LogP contribution in [0.3, 0.4) is 0 Å². The third kappa shape index (κ3) is 10.7. The van der Waals surface area contributed by atoms with Crippen LogP contribution >= 0.6 is 0 Å². The Bertz CT molecular complexity index is 1860. The van der Waals surface area contributed by atoms with Gasteiger partial charge < -0.3 is 40.2 Å². The molecule has 6 heterocycles. The van der Waals surface area contributed by atoms with Gasteiger partial charge in [-0.05, 0) is 84.6 Å².